The third-order valence-electron chi connectivity index (χ3n) is 6.76. The number of nitrogens with zero attached hydrogens (tertiary/aromatic N) is 4. The van der Waals surface area contributed by atoms with Gasteiger partial charge >= 0.3 is 0 Å². The number of pyridine rings is 1. The van der Waals surface area contributed by atoms with Crippen LogP contribution in [0.25, 0.3) is 11.0 Å². The number of aromatic nitrogens is 3. The average Bonchev–Trinajstić information content (AvgIpc) is 3.29. The van der Waals surface area contributed by atoms with E-state index in [1.165, 1.54) is 5.56 Å². The van der Waals surface area contributed by atoms with E-state index in [0.29, 0.717) is 12.3 Å². The summed E-state index contributed by atoms with van der Waals surface area (Å²) in [5.74, 6) is 1.47. The number of nitrogens with one attached hydrogen (secondary N) is 2. The van der Waals surface area contributed by atoms with Crippen molar-refractivity contribution in [2.24, 2.45) is 0 Å². The Bertz CT molecular complexity index is 1060. The van der Waals surface area contributed by atoms with Gasteiger partial charge in [-0.05, 0) is 30.5 Å². The van der Waals surface area contributed by atoms with Crippen LogP contribution in [0.4, 0.5) is 5.82 Å². The number of hydrogen-bond acceptors (Lipinski definition) is 6. The second-order valence-electron chi connectivity index (χ2n) is 8.90. The van der Waals surface area contributed by atoms with Gasteiger partial charge in [0.1, 0.15) is 0 Å². The van der Waals surface area contributed by atoms with Gasteiger partial charge in [-0.25, -0.2) is 4.98 Å². The maximum absolute atomic E-state index is 12.7. The summed E-state index contributed by atoms with van der Waals surface area (Å²) in [6, 6.07) is 14.5. The van der Waals surface area contributed by atoms with E-state index in [-0.39, 0.29) is 5.91 Å². The molecule has 33 heavy (non-hydrogen) atoms. The SMILES string of the molecule is O=C(CCN1CCOCC1)N1CCC(c2ccc3c(NCc4ccccc4)n[nH]c3n2)CC1. The second-order valence-corrected chi connectivity index (χ2v) is 8.90. The molecular formula is C25H32N6O2. The van der Waals surface area contributed by atoms with Crippen LogP contribution in [0.15, 0.2) is 42.5 Å². The molecule has 0 aliphatic carbocycles. The van der Waals surface area contributed by atoms with Crippen LogP contribution >= 0.6 is 0 Å². The fraction of sp³-hybridized carbons (Fsp3) is 0.480. The minimum absolute atomic E-state index is 0.269. The molecule has 0 spiro atoms. The number of piperidine rings is 1. The topological polar surface area (TPSA) is 86.4 Å². The van der Waals surface area contributed by atoms with E-state index in [0.717, 1.165) is 87.9 Å². The molecule has 0 radical (unpaired) electrons. The highest BCUT2D eigenvalue weighted by Gasteiger charge is 2.25. The van der Waals surface area contributed by atoms with Crippen LogP contribution in [0.5, 0.6) is 0 Å². The number of H-pyrrole nitrogens is 1. The summed E-state index contributed by atoms with van der Waals surface area (Å²) in [5.41, 5.74) is 3.11. The minimum Gasteiger partial charge on any atom is -0.379 e. The van der Waals surface area contributed by atoms with Gasteiger partial charge in [0.05, 0.1) is 18.6 Å². The van der Waals surface area contributed by atoms with Crippen molar-refractivity contribution < 1.29 is 9.53 Å². The first-order valence-electron chi connectivity index (χ1n) is 12.0. The van der Waals surface area contributed by atoms with Gasteiger partial charge in [-0.15, -0.1) is 0 Å². The molecule has 2 aliphatic heterocycles. The zero-order chi connectivity index (χ0) is 22.5. The monoisotopic (exact) mass is 448 g/mol. The molecule has 0 bridgehead atoms. The quantitative estimate of drug-likeness (QED) is 0.578. The van der Waals surface area contributed by atoms with Crippen molar-refractivity contribution in [3.63, 3.8) is 0 Å². The minimum atomic E-state index is 0.269. The molecule has 0 atom stereocenters. The number of carbonyl (C=O) groups is 1. The number of fused-ring (bicyclic) bond motifs is 1. The number of benzene rings is 1. The van der Waals surface area contributed by atoms with Crippen LogP contribution in [-0.2, 0) is 16.1 Å². The van der Waals surface area contributed by atoms with E-state index in [2.05, 4.69) is 44.7 Å². The van der Waals surface area contributed by atoms with Crippen LogP contribution in [0, 0.1) is 0 Å². The van der Waals surface area contributed by atoms with E-state index in [1.54, 1.807) is 0 Å². The van der Waals surface area contributed by atoms with Crippen molar-refractivity contribution in [3.05, 3.63) is 53.7 Å². The van der Waals surface area contributed by atoms with Crippen LogP contribution in [0.1, 0.15) is 36.4 Å². The molecule has 2 aliphatic rings. The standard InChI is InChI=1S/C25H32N6O2/c32-23(10-11-30-14-16-33-17-15-30)31-12-8-20(9-13-31)22-7-6-21-24(28-29-25(21)27-22)26-18-19-4-2-1-3-5-19/h1-7,20H,8-18H2,(H2,26,27,28,29). The van der Waals surface area contributed by atoms with Crippen molar-refractivity contribution in [3.8, 4) is 0 Å². The van der Waals surface area contributed by atoms with Crippen molar-refractivity contribution in [1.82, 2.24) is 25.0 Å². The Labute approximate surface area is 194 Å². The van der Waals surface area contributed by atoms with Crippen LogP contribution in [0.2, 0.25) is 0 Å². The maximum atomic E-state index is 12.7. The molecule has 174 valence electrons. The Kier molecular flexibility index (Phi) is 6.83. The second kappa shape index (κ2) is 10.3. The van der Waals surface area contributed by atoms with Gasteiger partial charge in [-0.2, -0.15) is 5.10 Å². The number of morpholine rings is 1. The van der Waals surface area contributed by atoms with Crippen molar-refractivity contribution in [2.75, 3.05) is 51.3 Å². The molecule has 2 N–H and O–H groups in total. The Morgan fingerprint density at radius 3 is 2.64 bits per heavy atom. The number of anilines is 1. The first-order valence-corrected chi connectivity index (χ1v) is 12.0. The molecule has 1 aromatic carbocycles. The smallest absolute Gasteiger partial charge is 0.223 e. The van der Waals surface area contributed by atoms with Crippen LogP contribution in [0.3, 0.4) is 0 Å². The largest absolute Gasteiger partial charge is 0.379 e. The van der Waals surface area contributed by atoms with Gasteiger partial charge < -0.3 is 15.0 Å². The summed E-state index contributed by atoms with van der Waals surface area (Å²) < 4.78 is 5.38. The third kappa shape index (κ3) is 5.34. The predicted octanol–water partition coefficient (Wildman–Crippen LogP) is 3.00. The fourth-order valence-corrected chi connectivity index (χ4v) is 4.72. The van der Waals surface area contributed by atoms with Crippen molar-refractivity contribution >= 4 is 22.8 Å². The van der Waals surface area contributed by atoms with Crippen LogP contribution < -0.4 is 5.32 Å². The number of rotatable bonds is 7. The molecule has 2 fully saturated rings. The first kappa shape index (κ1) is 21.9. The first-order chi connectivity index (χ1) is 16.3. The molecule has 4 heterocycles. The Hall–Kier alpha value is -2.97. The third-order valence-corrected chi connectivity index (χ3v) is 6.76. The summed E-state index contributed by atoms with van der Waals surface area (Å²) in [6.07, 6.45) is 2.51. The number of likely N-dealkylation sites (tertiary alicyclic amines) is 1. The Morgan fingerprint density at radius 1 is 1.06 bits per heavy atom. The van der Waals surface area contributed by atoms with Gasteiger partial charge in [0, 0.05) is 57.3 Å². The molecule has 5 rings (SSSR count). The lowest BCUT2D eigenvalue weighted by atomic mass is 9.92. The van der Waals surface area contributed by atoms with Gasteiger partial charge in [0.15, 0.2) is 11.5 Å². The number of ether oxygens (including phenoxy) is 1. The summed E-state index contributed by atoms with van der Waals surface area (Å²) in [7, 11) is 0. The molecule has 1 amide bonds. The zero-order valence-electron chi connectivity index (χ0n) is 19.0. The maximum Gasteiger partial charge on any atom is 0.223 e. The van der Waals surface area contributed by atoms with E-state index in [9.17, 15) is 4.79 Å². The van der Waals surface area contributed by atoms with Gasteiger partial charge in [-0.3, -0.25) is 14.8 Å². The highest BCUT2D eigenvalue weighted by atomic mass is 16.5. The molecule has 0 unspecified atom stereocenters. The number of aromatic amines is 1. The van der Waals surface area contributed by atoms with E-state index in [4.69, 9.17) is 9.72 Å². The van der Waals surface area contributed by atoms with Crippen LogP contribution in [-0.4, -0.2) is 76.8 Å². The number of hydrogen-bond donors (Lipinski definition) is 2. The lowest BCUT2D eigenvalue weighted by molar-refractivity contribution is -0.132. The summed E-state index contributed by atoms with van der Waals surface area (Å²) in [5, 5.41) is 11.9. The summed E-state index contributed by atoms with van der Waals surface area (Å²) in [6.45, 7) is 6.58. The van der Waals surface area contributed by atoms with E-state index >= 15 is 0 Å². The van der Waals surface area contributed by atoms with Crippen molar-refractivity contribution in [2.45, 2.75) is 31.7 Å². The van der Waals surface area contributed by atoms with E-state index < -0.39 is 0 Å². The molecule has 8 nitrogen and oxygen atoms in total. The predicted molar refractivity (Wildman–Crippen MR) is 128 cm³/mol. The Balaban J connectivity index is 1.14. The van der Waals surface area contributed by atoms with E-state index in [1.807, 2.05) is 23.1 Å². The lowest BCUT2D eigenvalue weighted by Crippen LogP contribution is -2.42. The van der Waals surface area contributed by atoms with Crippen molar-refractivity contribution in [1.29, 1.82) is 0 Å². The number of carbonyl (C=O) groups excluding carboxylic acids is 1. The van der Waals surface area contributed by atoms with Gasteiger partial charge in [-0.1, -0.05) is 30.3 Å². The Morgan fingerprint density at radius 2 is 1.85 bits per heavy atom. The number of amides is 1. The normalized spacial score (nSPS) is 18.0. The molecule has 2 aromatic heterocycles. The fourth-order valence-electron chi connectivity index (χ4n) is 4.72. The highest BCUT2D eigenvalue weighted by molar-refractivity contribution is 5.87. The molecular weight excluding hydrogens is 416 g/mol. The molecule has 2 saturated heterocycles. The summed E-state index contributed by atoms with van der Waals surface area (Å²) in [4.78, 5) is 21.9. The lowest BCUT2D eigenvalue weighted by Gasteiger charge is -2.33. The molecule has 0 saturated carbocycles. The highest BCUT2D eigenvalue weighted by Crippen LogP contribution is 2.29. The van der Waals surface area contributed by atoms with Gasteiger partial charge in [0.25, 0.3) is 0 Å². The molecule has 3 aromatic rings. The summed E-state index contributed by atoms with van der Waals surface area (Å²) >= 11 is 0. The zero-order valence-corrected chi connectivity index (χ0v) is 19.0. The van der Waals surface area contributed by atoms with Gasteiger partial charge in [0.2, 0.25) is 5.91 Å². The molecule has 8 heteroatoms. The average molecular weight is 449 g/mol.